The lowest BCUT2D eigenvalue weighted by Crippen LogP contribution is -2.23. The minimum absolute atomic E-state index is 0.165. The van der Waals surface area contributed by atoms with Crippen LogP contribution in [0, 0.1) is 6.92 Å². The maximum Gasteiger partial charge on any atom is 0.251 e. The zero-order valence-corrected chi connectivity index (χ0v) is 18.2. The van der Waals surface area contributed by atoms with Gasteiger partial charge in [0.2, 0.25) is 0 Å². The van der Waals surface area contributed by atoms with Gasteiger partial charge in [-0.15, -0.1) is 0 Å². The molecule has 1 aromatic heterocycles. The molecule has 0 saturated heterocycles. The highest BCUT2D eigenvalue weighted by atomic mass is 16.5. The van der Waals surface area contributed by atoms with E-state index < -0.39 is 0 Å². The Balaban J connectivity index is 1.65. The van der Waals surface area contributed by atoms with Crippen LogP contribution in [0.3, 0.4) is 0 Å². The van der Waals surface area contributed by atoms with Crippen LogP contribution in [-0.2, 0) is 13.2 Å². The number of aryl methyl sites for hydroxylation is 1. The number of hydrogen-bond acceptors (Lipinski definition) is 5. The molecule has 0 unspecified atom stereocenters. The predicted octanol–water partition coefficient (Wildman–Crippen LogP) is 3.98. The van der Waals surface area contributed by atoms with Crippen LogP contribution in [0.1, 0.15) is 27.0 Å². The number of ether oxygens (including phenoxy) is 2. The van der Waals surface area contributed by atoms with Gasteiger partial charge in [0, 0.05) is 23.6 Å². The number of amides is 1. The normalized spacial score (nSPS) is 10.9. The van der Waals surface area contributed by atoms with Crippen LogP contribution < -0.4 is 14.8 Å². The molecule has 0 aliphatic rings. The zero-order valence-electron chi connectivity index (χ0n) is 18.2. The topological polar surface area (TPSA) is 96.5 Å². The molecule has 0 saturated carbocycles. The van der Waals surface area contributed by atoms with Crippen molar-refractivity contribution in [2.75, 3.05) is 14.2 Å². The van der Waals surface area contributed by atoms with Crippen LogP contribution >= 0.6 is 0 Å². The molecule has 164 valence electrons. The first-order valence-electron chi connectivity index (χ1n) is 10.2. The highest BCUT2D eigenvalue weighted by molar-refractivity contribution is 6.00. The second-order valence-electron chi connectivity index (χ2n) is 7.57. The third-order valence-electron chi connectivity index (χ3n) is 5.42. The van der Waals surface area contributed by atoms with E-state index in [0.29, 0.717) is 29.2 Å². The summed E-state index contributed by atoms with van der Waals surface area (Å²) in [5.41, 5.74) is 5.80. The SMILES string of the molecule is COc1cc(CNC(=O)c2cc(CO)cc(-c3c(C)ccc4[nH]ncc34)c2)cc(OC)c1. The van der Waals surface area contributed by atoms with Crippen LogP contribution in [0.4, 0.5) is 0 Å². The number of benzene rings is 3. The van der Waals surface area contributed by atoms with Gasteiger partial charge >= 0.3 is 0 Å². The number of methoxy groups -OCH3 is 2. The summed E-state index contributed by atoms with van der Waals surface area (Å²) >= 11 is 0. The van der Waals surface area contributed by atoms with Gasteiger partial charge in [0.25, 0.3) is 5.91 Å². The highest BCUT2D eigenvalue weighted by Crippen LogP contribution is 2.32. The van der Waals surface area contributed by atoms with E-state index in [-0.39, 0.29) is 12.5 Å². The van der Waals surface area contributed by atoms with Crippen molar-refractivity contribution in [2.24, 2.45) is 0 Å². The quantitative estimate of drug-likeness (QED) is 0.411. The minimum Gasteiger partial charge on any atom is -0.497 e. The van der Waals surface area contributed by atoms with Crippen LogP contribution in [0.15, 0.2) is 54.7 Å². The predicted molar refractivity (Wildman–Crippen MR) is 123 cm³/mol. The lowest BCUT2D eigenvalue weighted by molar-refractivity contribution is 0.0950. The maximum absolute atomic E-state index is 13.0. The molecule has 0 spiro atoms. The molecule has 0 fully saturated rings. The number of carbonyl (C=O) groups excluding carboxylic acids is 1. The maximum atomic E-state index is 13.0. The first kappa shape index (κ1) is 21.4. The first-order chi connectivity index (χ1) is 15.5. The van der Waals surface area contributed by atoms with E-state index in [1.807, 2.05) is 43.3 Å². The molecule has 3 aromatic carbocycles. The van der Waals surface area contributed by atoms with E-state index in [1.54, 1.807) is 32.5 Å². The number of nitrogens with zero attached hydrogens (tertiary/aromatic N) is 1. The van der Waals surface area contributed by atoms with E-state index in [4.69, 9.17) is 9.47 Å². The van der Waals surface area contributed by atoms with Crippen LogP contribution in [-0.4, -0.2) is 35.4 Å². The van der Waals surface area contributed by atoms with Crippen LogP contribution in [0.2, 0.25) is 0 Å². The second-order valence-corrected chi connectivity index (χ2v) is 7.57. The summed E-state index contributed by atoms with van der Waals surface area (Å²) in [5, 5.41) is 20.8. The number of fused-ring (bicyclic) bond motifs is 1. The van der Waals surface area contributed by atoms with Crippen molar-refractivity contribution in [2.45, 2.75) is 20.1 Å². The largest absolute Gasteiger partial charge is 0.497 e. The number of aromatic amines is 1. The van der Waals surface area contributed by atoms with Gasteiger partial charge < -0.3 is 19.9 Å². The van der Waals surface area contributed by atoms with Crippen molar-refractivity contribution in [3.8, 4) is 22.6 Å². The van der Waals surface area contributed by atoms with Crippen LogP contribution in [0.25, 0.3) is 22.0 Å². The van der Waals surface area contributed by atoms with Crippen molar-refractivity contribution >= 4 is 16.8 Å². The highest BCUT2D eigenvalue weighted by Gasteiger charge is 2.14. The molecule has 3 N–H and O–H groups in total. The first-order valence-corrected chi connectivity index (χ1v) is 10.2. The molecule has 7 nitrogen and oxygen atoms in total. The van der Waals surface area contributed by atoms with E-state index >= 15 is 0 Å². The molecule has 32 heavy (non-hydrogen) atoms. The summed E-state index contributed by atoms with van der Waals surface area (Å²) in [5.74, 6) is 1.07. The summed E-state index contributed by atoms with van der Waals surface area (Å²) in [7, 11) is 3.17. The fraction of sp³-hybridized carbons (Fsp3) is 0.200. The van der Waals surface area contributed by atoms with Gasteiger partial charge in [-0.05, 0) is 71.1 Å². The van der Waals surface area contributed by atoms with Gasteiger partial charge in [0.1, 0.15) is 11.5 Å². The van der Waals surface area contributed by atoms with Gasteiger partial charge in [0.05, 0.1) is 32.5 Å². The molecule has 1 amide bonds. The van der Waals surface area contributed by atoms with E-state index in [0.717, 1.165) is 33.2 Å². The number of nitrogens with one attached hydrogen (secondary N) is 2. The summed E-state index contributed by atoms with van der Waals surface area (Å²) < 4.78 is 10.6. The fourth-order valence-electron chi connectivity index (χ4n) is 3.82. The molecule has 4 aromatic rings. The Morgan fingerprint density at radius 2 is 1.78 bits per heavy atom. The van der Waals surface area contributed by atoms with Gasteiger partial charge in [-0.2, -0.15) is 5.10 Å². The summed E-state index contributed by atoms with van der Waals surface area (Å²) in [6.45, 7) is 2.16. The third-order valence-corrected chi connectivity index (χ3v) is 5.42. The van der Waals surface area contributed by atoms with Gasteiger partial charge in [-0.25, -0.2) is 0 Å². The Labute approximate surface area is 186 Å². The molecule has 0 aliphatic carbocycles. The summed E-state index contributed by atoms with van der Waals surface area (Å²) in [4.78, 5) is 13.0. The second kappa shape index (κ2) is 9.11. The lowest BCUT2D eigenvalue weighted by atomic mass is 9.94. The molecule has 0 bridgehead atoms. The monoisotopic (exact) mass is 431 g/mol. The Morgan fingerprint density at radius 1 is 1.03 bits per heavy atom. The van der Waals surface area contributed by atoms with Crippen molar-refractivity contribution in [1.82, 2.24) is 15.5 Å². The Bertz CT molecular complexity index is 1260. The smallest absolute Gasteiger partial charge is 0.251 e. The minimum atomic E-state index is -0.236. The summed E-state index contributed by atoms with van der Waals surface area (Å²) in [6, 6.07) is 14.9. The van der Waals surface area contributed by atoms with Gasteiger partial charge in [0.15, 0.2) is 0 Å². The number of carbonyl (C=O) groups is 1. The van der Waals surface area contributed by atoms with Crippen molar-refractivity contribution in [3.63, 3.8) is 0 Å². The molecular weight excluding hydrogens is 406 g/mol. The number of aromatic nitrogens is 2. The fourth-order valence-corrected chi connectivity index (χ4v) is 3.82. The number of H-pyrrole nitrogens is 1. The standard InChI is InChI=1S/C25H25N3O4/c1-15-4-5-23-22(13-27-28-23)24(15)18-6-17(14-29)7-19(10-18)25(30)26-12-16-8-20(31-2)11-21(9-16)32-3/h4-11,13,29H,12,14H2,1-3H3,(H,26,30)(H,27,28). The number of hydrogen-bond donors (Lipinski definition) is 3. The average molecular weight is 431 g/mol. The molecule has 1 heterocycles. The molecule has 4 rings (SSSR count). The van der Waals surface area contributed by atoms with E-state index in [9.17, 15) is 9.90 Å². The number of aliphatic hydroxyl groups is 1. The Kier molecular flexibility index (Phi) is 6.09. The van der Waals surface area contributed by atoms with Crippen molar-refractivity contribution in [3.05, 3.63) is 77.0 Å². The van der Waals surface area contributed by atoms with E-state index in [2.05, 4.69) is 15.5 Å². The van der Waals surface area contributed by atoms with Gasteiger partial charge in [-0.3, -0.25) is 9.89 Å². The Morgan fingerprint density at radius 3 is 2.47 bits per heavy atom. The lowest BCUT2D eigenvalue weighted by Gasteiger charge is -2.13. The molecule has 0 atom stereocenters. The average Bonchev–Trinajstić information content (AvgIpc) is 3.30. The zero-order chi connectivity index (χ0) is 22.7. The third kappa shape index (κ3) is 4.29. The number of rotatable bonds is 7. The Hall–Kier alpha value is -3.84. The molecule has 7 heteroatoms. The molecular formula is C25H25N3O4. The van der Waals surface area contributed by atoms with Gasteiger partial charge in [-0.1, -0.05) is 6.07 Å². The van der Waals surface area contributed by atoms with Crippen molar-refractivity contribution < 1.29 is 19.4 Å². The van der Waals surface area contributed by atoms with E-state index in [1.165, 1.54) is 0 Å². The molecule has 0 aliphatic heterocycles. The van der Waals surface area contributed by atoms with Crippen molar-refractivity contribution in [1.29, 1.82) is 0 Å². The number of aliphatic hydroxyl groups excluding tert-OH is 1. The summed E-state index contributed by atoms with van der Waals surface area (Å²) in [6.07, 6.45) is 1.78. The van der Waals surface area contributed by atoms with Crippen LogP contribution in [0.5, 0.6) is 11.5 Å². The molecule has 0 radical (unpaired) electrons.